The van der Waals surface area contributed by atoms with Gasteiger partial charge >= 0.3 is 0 Å². The molecule has 1 aliphatic heterocycles. The van der Waals surface area contributed by atoms with Crippen LogP contribution in [0.1, 0.15) is 29.3 Å². The molecule has 6 nitrogen and oxygen atoms in total. The third-order valence-electron chi connectivity index (χ3n) is 2.95. The number of hydrogen-bond acceptors (Lipinski definition) is 4. The Balaban J connectivity index is 1.96. The fourth-order valence-corrected chi connectivity index (χ4v) is 1.90. The number of likely N-dealkylation sites (tertiary alicyclic amines) is 1. The summed E-state index contributed by atoms with van der Waals surface area (Å²) in [6.45, 7) is 3.33. The van der Waals surface area contributed by atoms with Crippen LogP contribution < -0.4 is 0 Å². The van der Waals surface area contributed by atoms with Crippen LogP contribution >= 0.6 is 0 Å². The number of aromatic nitrogens is 3. The number of nitrogens with one attached hydrogen (secondary N) is 1. The van der Waals surface area contributed by atoms with Crippen molar-refractivity contribution in [3.8, 4) is 0 Å². The van der Waals surface area contributed by atoms with E-state index in [0.29, 0.717) is 24.8 Å². The number of amides is 1. The first-order valence-corrected chi connectivity index (χ1v) is 5.50. The van der Waals surface area contributed by atoms with E-state index < -0.39 is 0 Å². The molecule has 1 aromatic heterocycles. The zero-order chi connectivity index (χ0) is 11.5. The lowest BCUT2D eigenvalue weighted by Crippen LogP contribution is -2.39. The largest absolute Gasteiger partial charge is 0.396 e. The molecule has 2 N–H and O–H groups in total. The second kappa shape index (κ2) is 4.61. The fraction of sp³-hybridized carbons (Fsp3) is 0.700. The Kier molecular flexibility index (Phi) is 3.19. The van der Waals surface area contributed by atoms with Crippen molar-refractivity contribution >= 4 is 5.91 Å². The van der Waals surface area contributed by atoms with Crippen molar-refractivity contribution in [3.05, 3.63) is 11.6 Å². The maximum atomic E-state index is 11.9. The smallest absolute Gasteiger partial charge is 0.293 e. The highest BCUT2D eigenvalue weighted by Crippen LogP contribution is 2.17. The van der Waals surface area contributed by atoms with Crippen molar-refractivity contribution in [1.29, 1.82) is 0 Å². The molecule has 88 valence electrons. The summed E-state index contributed by atoms with van der Waals surface area (Å²) >= 11 is 0. The number of H-pyrrole nitrogens is 1. The molecule has 0 aliphatic carbocycles. The highest BCUT2D eigenvalue weighted by molar-refractivity contribution is 5.90. The van der Waals surface area contributed by atoms with Crippen LogP contribution in [0.5, 0.6) is 0 Å². The Morgan fingerprint density at radius 3 is 2.75 bits per heavy atom. The quantitative estimate of drug-likeness (QED) is 0.738. The summed E-state index contributed by atoms with van der Waals surface area (Å²) in [6, 6.07) is 0. The molecule has 0 spiro atoms. The van der Waals surface area contributed by atoms with Crippen LogP contribution in [0.4, 0.5) is 0 Å². The van der Waals surface area contributed by atoms with Gasteiger partial charge in [-0.15, -0.1) is 5.10 Å². The van der Waals surface area contributed by atoms with Gasteiger partial charge in [0.15, 0.2) is 0 Å². The molecule has 1 saturated heterocycles. The van der Waals surface area contributed by atoms with E-state index in [0.717, 1.165) is 12.8 Å². The molecule has 1 aromatic rings. The number of aliphatic hydroxyl groups is 1. The minimum absolute atomic E-state index is 0.124. The van der Waals surface area contributed by atoms with E-state index in [1.54, 1.807) is 11.8 Å². The monoisotopic (exact) mass is 224 g/mol. The van der Waals surface area contributed by atoms with Gasteiger partial charge in [-0.25, -0.2) is 4.98 Å². The third kappa shape index (κ3) is 2.21. The molecule has 2 rings (SSSR count). The molecular formula is C10H16N4O2. The summed E-state index contributed by atoms with van der Waals surface area (Å²) in [6.07, 6.45) is 1.71. The van der Waals surface area contributed by atoms with E-state index >= 15 is 0 Å². The average molecular weight is 224 g/mol. The van der Waals surface area contributed by atoms with Gasteiger partial charge in [-0.05, 0) is 25.7 Å². The van der Waals surface area contributed by atoms with Crippen LogP contribution in [0.2, 0.25) is 0 Å². The molecule has 0 atom stereocenters. The number of nitrogens with zero attached hydrogens (tertiary/aromatic N) is 3. The Hall–Kier alpha value is -1.43. The lowest BCUT2D eigenvalue weighted by atomic mass is 9.98. The number of carbonyl (C=O) groups is 1. The number of piperidine rings is 1. The van der Waals surface area contributed by atoms with Crippen LogP contribution in [0, 0.1) is 12.8 Å². The van der Waals surface area contributed by atoms with Gasteiger partial charge in [0.2, 0.25) is 5.82 Å². The predicted molar refractivity (Wildman–Crippen MR) is 56.8 cm³/mol. The number of aromatic amines is 1. The average Bonchev–Trinajstić information content (AvgIpc) is 2.75. The van der Waals surface area contributed by atoms with Gasteiger partial charge < -0.3 is 10.0 Å². The zero-order valence-corrected chi connectivity index (χ0v) is 9.31. The topological polar surface area (TPSA) is 82.1 Å². The van der Waals surface area contributed by atoms with Gasteiger partial charge in [0.1, 0.15) is 5.82 Å². The molecule has 1 aliphatic rings. The summed E-state index contributed by atoms with van der Waals surface area (Å²) in [4.78, 5) is 17.7. The lowest BCUT2D eigenvalue weighted by Gasteiger charge is -2.30. The maximum Gasteiger partial charge on any atom is 0.293 e. The molecule has 0 unspecified atom stereocenters. The van der Waals surface area contributed by atoms with Crippen LogP contribution in [0.25, 0.3) is 0 Å². The lowest BCUT2D eigenvalue weighted by molar-refractivity contribution is 0.0639. The van der Waals surface area contributed by atoms with Crippen molar-refractivity contribution < 1.29 is 9.90 Å². The van der Waals surface area contributed by atoms with E-state index in [4.69, 9.17) is 5.11 Å². The van der Waals surface area contributed by atoms with Crippen molar-refractivity contribution in [2.45, 2.75) is 19.8 Å². The third-order valence-corrected chi connectivity index (χ3v) is 2.95. The maximum absolute atomic E-state index is 11.9. The van der Waals surface area contributed by atoms with E-state index in [9.17, 15) is 4.79 Å². The highest BCUT2D eigenvalue weighted by atomic mass is 16.3. The first kappa shape index (κ1) is 11.1. The molecule has 1 amide bonds. The van der Waals surface area contributed by atoms with Crippen molar-refractivity contribution in [3.63, 3.8) is 0 Å². The van der Waals surface area contributed by atoms with Crippen LogP contribution in [0.15, 0.2) is 0 Å². The van der Waals surface area contributed by atoms with Gasteiger partial charge in [0, 0.05) is 19.7 Å². The Labute approximate surface area is 93.7 Å². The van der Waals surface area contributed by atoms with E-state index in [2.05, 4.69) is 15.2 Å². The molecule has 6 heteroatoms. The Morgan fingerprint density at radius 1 is 1.56 bits per heavy atom. The first-order valence-electron chi connectivity index (χ1n) is 5.50. The normalized spacial score (nSPS) is 17.8. The van der Waals surface area contributed by atoms with Crippen LogP contribution in [-0.4, -0.2) is 50.8 Å². The van der Waals surface area contributed by atoms with E-state index in [1.165, 1.54) is 0 Å². The van der Waals surface area contributed by atoms with Crippen LogP contribution in [0.3, 0.4) is 0 Å². The van der Waals surface area contributed by atoms with Gasteiger partial charge in [-0.2, -0.15) is 0 Å². The zero-order valence-electron chi connectivity index (χ0n) is 9.31. The van der Waals surface area contributed by atoms with Gasteiger partial charge in [-0.3, -0.25) is 9.89 Å². The minimum Gasteiger partial charge on any atom is -0.396 e. The highest BCUT2D eigenvalue weighted by Gasteiger charge is 2.25. The van der Waals surface area contributed by atoms with Crippen LogP contribution in [-0.2, 0) is 0 Å². The standard InChI is InChI=1S/C10H16N4O2/c1-7-11-9(13-12-7)10(16)14-4-2-8(6-15)3-5-14/h8,15H,2-6H2,1H3,(H,11,12,13). The second-order valence-electron chi connectivity index (χ2n) is 4.16. The first-order chi connectivity index (χ1) is 7.70. The van der Waals surface area contributed by atoms with Crippen molar-refractivity contribution in [1.82, 2.24) is 20.1 Å². The Bertz CT molecular complexity index is 369. The molecule has 0 radical (unpaired) electrons. The van der Waals surface area contributed by atoms with Gasteiger partial charge in [0.05, 0.1) is 0 Å². The molecule has 0 saturated carbocycles. The van der Waals surface area contributed by atoms with Gasteiger partial charge in [0.25, 0.3) is 5.91 Å². The van der Waals surface area contributed by atoms with Crippen molar-refractivity contribution in [2.75, 3.05) is 19.7 Å². The summed E-state index contributed by atoms with van der Waals surface area (Å²) in [7, 11) is 0. The number of aliphatic hydroxyl groups excluding tert-OH is 1. The number of carbonyl (C=O) groups excluding carboxylic acids is 1. The second-order valence-corrected chi connectivity index (χ2v) is 4.16. The molecule has 1 fully saturated rings. The molecular weight excluding hydrogens is 208 g/mol. The molecule has 2 heterocycles. The number of hydrogen-bond donors (Lipinski definition) is 2. The van der Waals surface area contributed by atoms with E-state index in [1.807, 2.05) is 0 Å². The molecule has 16 heavy (non-hydrogen) atoms. The molecule has 0 aromatic carbocycles. The predicted octanol–water partition coefficient (Wildman–Crippen LogP) is -0.0424. The number of rotatable bonds is 2. The number of aryl methyl sites for hydroxylation is 1. The Morgan fingerprint density at radius 2 is 2.25 bits per heavy atom. The van der Waals surface area contributed by atoms with Crippen molar-refractivity contribution in [2.24, 2.45) is 5.92 Å². The molecule has 0 bridgehead atoms. The SMILES string of the molecule is Cc1nc(C(=O)N2CCC(CO)CC2)n[nH]1. The summed E-state index contributed by atoms with van der Waals surface area (Å²) in [5.74, 6) is 1.09. The fourth-order valence-electron chi connectivity index (χ4n) is 1.90. The summed E-state index contributed by atoms with van der Waals surface area (Å²) in [5, 5.41) is 15.5. The summed E-state index contributed by atoms with van der Waals surface area (Å²) in [5.41, 5.74) is 0. The van der Waals surface area contributed by atoms with E-state index in [-0.39, 0.29) is 18.3 Å². The minimum atomic E-state index is -0.124. The summed E-state index contributed by atoms with van der Waals surface area (Å²) < 4.78 is 0. The van der Waals surface area contributed by atoms with Gasteiger partial charge in [-0.1, -0.05) is 0 Å².